The van der Waals surface area contributed by atoms with Gasteiger partial charge in [-0.2, -0.15) is 0 Å². The number of aromatic hydroxyl groups is 2. The van der Waals surface area contributed by atoms with Crippen LogP contribution in [0.5, 0.6) is 23.0 Å². The van der Waals surface area contributed by atoms with E-state index in [0.717, 1.165) is 74.8 Å². The lowest BCUT2D eigenvalue weighted by atomic mass is 9.47. The molecule has 8 atom stereocenters. The molecule has 2 spiro atoms. The van der Waals surface area contributed by atoms with E-state index in [9.17, 15) is 20.4 Å². The van der Waals surface area contributed by atoms with Crippen molar-refractivity contribution < 1.29 is 29.9 Å². The highest BCUT2D eigenvalue weighted by Crippen LogP contribution is 2.73. The summed E-state index contributed by atoms with van der Waals surface area (Å²) < 4.78 is 14.0. The molecule has 2 unspecified atom stereocenters. The lowest BCUT2D eigenvalue weighted by Gasteiger charge is -2.64. The van der Waals surface area contributed by atoms with Crippen molar-refractivity contribution >= 4 is 0 Å². The molecule has 4 bridgehead atoms. The third-order valence-electron chi connectivity index (χ3n) is 16.1. The summed E-state index contributed by atoms with van der Waals surface area (Å²) in [5.41, 5.74) is 5.99. The molecule has 254 valence electrons. The number of aliphatic hydroxyl groups is 2. The molecule has 4 N–H and O–H groups in total. The normalized spacial score (nSPS) is 43.1. The second-order valence-corrected chi connectivity index (χ2v) is 18.0. The van der Waals surface area contributed by atoms with E-state index in [0.29, 0.717) is 30.8 Å². The number of nitrogens with zero attached hydrogens (tertiary/aromatic N) is 2. The molecule has 11 aliphatic rings. The molecule has 8 nitrogen and oxygen atoms in total. The van der Waals surface area contributed by atoms with Gasteiger partial charge in [0.1, 0.15) is 12.2 Å². The van der Waals surface area contributed by atoms with E-state index < -0.39 is 22.0 Å². The van der Waals surface area contributed by atoms with Gasteiger partial charge < -0.3 is 29.9 Å². The molecule has 0 amide bonds. The molecule has 2 saturated heterocycles. The fourth-order valence-corrected chi connectivity index (χ4v) is 13.8. The fourth-order valence-electron chi connectivity index (χ4n) is 13.8. The number of fused-ring (bicyclic) bond motifs is 3. The standard InChI is InChI=1S/C41H44N2O6/c44-28-7-5-22-13-30-40(46)16-26-24(36-38(40,32(22)34(28)48-36)9-11-42(30)18-20-1-2-20)15-25-27(26)17-41(47)31-14-23-6-8-29(45)35-33(23)39(41,37(25)49-35)10-12-43(31)19-21-3-4-21/h5-8,20-21,30-31,36-37,44-47H,1-4,9-19H2/t30?,31?,36-,37-,38-,39-,40+,41+/m0/s1. The number of phenols is 2. The summed E-state index contributed by atoms with van der Waals surface area (Å²) in [5, 5.41) is 49.5. The van der Waals surface area contributed by atoms with Gasteiger partial charge in [0.15, 0.2) is 23.0 Å². The fraction of sp³-hybridized carbons (Fsp3) is 0.610. The van der Waals surface area contributed by atoms with Crippen LogP contribution in [0.2, 0.25) is 0 Å². The Bertz CT molecular complexity index is 1870. The van der Waals surface area contributed by atoms with Crippen LogP contribution in [0.25, 0.3) is 0 Å². The maximum Gasteiger partial charge on any atom is 0.166 e. The van der Waals surface area contributed by atoms with Gasteiger partial charge in [-0.05, 0) is 128 Å². The van der Waals surface area contributed by atoms with Crippen LogP contribution in [0.1, 0.15) is 80.0 Å². The first-order valence-corrected chi connectivity index (χ1v) is 19.2. The molecule has 8 heteroatoms. The summed E-state index contributed by atoms with van der Waals surface area (Å²) in [6.07, 6.45) is 9.26. The maximum absolute atomic E-state index is 13.5. The van der Waals surface area contributed by atoms with E-state index in [4.69, 9.17) is 9.47 Å². The van der Waals surface area contributed by atoms with Crippen LogP contribution in [-0.4, -0.2) is 91.9 Å². The van der Waals surface area contributed by atoms with Crippen molar-refractivity contribution in [2.75, 3.05) is 26.2 Å². The average molecular weight is 661 g/mol. The zero-order valence-electron chi connectivity index (χ0n) is 27.9. The lowest BCUT2D eigenvalue weighted by molar-refractivity contribution is -0.168. The van der Waals surface area contributed by atoms with Crippen LogP contribution in [0.15, 0.2) is 46.6 Å². The number of piperidine rings is 2. The van der Waals surface area contributed by atoms with Gasteiger partial charge in [0, 0.05) is 49.1 Å². The summed E-state index contributed by atoms with van der Waals surface area (Å²) in [4.78, 5) is 5.19. The van der Waals surface area contributed by atoms with E-state index in [2.05, 4.69) is 21.9 Å². The van der Waals surface area contributed by atoms with Gasteiger partial charge >= 0.3 is 0 Å². The smallest absolute Gasteiger partial charge is 0.166 e. The van der Waals surface area contributed by atoms with Crippen molar-refractivity contribution in [2.24, 2.45) is 11.8 Å². The predicted octanol–water partition coefficient (Wildman–Crippen LogP) is 4.14. The molecule has 13 rings (SSSR count). The van der Waals surface area contributed by atoms with Gasteiger partial charge in [-0.25, -0.2) is 0 Å². The number of ether oxygens (including phenoxy) is 2. The molecule has 4 aliphatic heterocycles. The maximum atomic E-state index is 13.5. The van der Waals surface area contributed by atoms with Gasteiger partial charge in [-0.1, -0.05) is 12.1 Å². The molecule has 2 aromatic carbocycles. The number of hydrogen-bond acceptors (Lipinski definition) is 8. The summed E-state index contributed by atoms with van der Waals surface area (Å²) in [6, 6.07) is 7.70. The highest BCUT2D eigenvalue weighted by molar-refractivity contribution is 5.71. The monoisotopic (exact) mass is 660 g/mol. The van der Waals surface area contributed by atoms with E-state index in [1.807, 2.05) is 0 Å². The minimum Gasteiger partial charge on any atom is -0.504 e. The molecule has 0 radical (unpaired) electrons. The van der Waals surface area contributed by atoms with Gasteiger partial charge in [0.25, 0.3) is 0 Å². The number of phenolic OH excluding ortho intramolecular Hbond substituents is 2. The number of likely N-dealkylation sites (tertiary alicyclic amines) is 2. The van der Waals surface area contributed by atoms with Crippen molar-refractivity contribution in [2.45, 2.75) is 117 Å². The Hall–Kier alpha value is -3.04. The molecule has 49 heavy (non-hydrogen) atoms. The quantitative estimate of drug-likeness (QED) is 0.388. The minimum atomic E-state index is -1.05. The molecule has 0 aromatic heterocycles. The Morgan fingerprint density at radius 1 is 0.653 bits per heavy atom. The zero-order valence-corrected chi connectivity index (χ0v) is 27.9. The van der Waals surface area contributed by atoms with Crippen LogP contribution in [-0.2, 0) is 23.7 Å². The Morgan fingerprint density at radius 2 is 1.10 bits per heavy atom. The van der Waals surface area contributed by atoms with Gasteiger partial charge in [0.2, 0.25) is 0 Å². The predicted molar refractivity (Wildman–Crippen MR) is 179 cm³/mol. The molecule has 7 aliphatic carbocycles. The third-order valence-corrected chi connectivity index (χ3v) is 16.1. The van der Waals surface area contributed by atoms with Crippen LogP contribution in [0.4, 0.5) is 0 Å². The van der Waals surface area contributed by atoms with Crippen molar-refractivity contribution in [3.8, 4) is 23.0 Å². The van der Waals surface area contributed by atoms with Crippen molar-refractivity contribution in [1.29, 1.82) is 0 Å². The van der Waals surface area contributed by atoms with Crippen LogP contribution < -0.4 is 9.47 Å². The second-order valence-electron chi connectivity index (χ2n) is 18.0. The van der Waals surface area contributed by atoms with Crippen LogP contribution in [0.3, 0.4) is 0 Å². The van der Waals surface area contributed by atoms with Crippen molar-refractivity contribution in [1.82, 2.24) is 9.80 Å². The van der Waals surface area contributed by atoms with E-state index in [-0.39, 0.29) is 35.8 Å². The molecule has 2 saturated carbocycles. The summed E-state index contributed by atoms with van der Waals surface area (Å²) in [7, 11) is 0. The molecule has 4 heterocycles. The summed E-state index contributed by atoms with van der Waals surface area (Å²) in [5.74, 6) is 2.93. The Morgan fingerprint density at radius 3 is 1.53 bits per heavy atom. The number of benzene rings is 2. The topological polar surface area (TPSA) is 106 Å². The summed E-state index contributed by atoms with van der Waals surface area (Å²) >= 11 is 0. The lowest BCUT2D eigenvalue weighted by Crippen LogP contribution is -2.76. The Labute approximate surface area is 286 Å². The van der Waals surface area contributed by atoms with E-state index in [1.165, 1.54) is 59.1 Å². The summed E-state index contributed by atoms with van der Waals surface area (Å²) in [6.45, 7) is 3.93. The highest BCUT2D eigenvalue weighted by atomic mass is 16.5. The molecule has 2 aromatic rings. The van der Waals surface area contributed by atoms with E-state index >= 15 is 0 Å². The molecule has 4 fully saturated rings. The minimum absolute atomic E-state index is 0.0257. The highest BCUT2D eigenvalue weighted by Gasteiger charge is 2.77. The van der Waals surface area contributed by atoms with Gasteiger partial charge in [0.05, 0.1) is 22.0 Å². The zero-order chi connectivity index (χ0) is 32.4. The first-order chi connectivity index (χ1) is 23.7. The molecular weight excluding hydrogens is 616 g/mol. The van der Waals surface area contributed by atoms with Gasteiger partial charge in [-0.3, -0.25) is 9.80 Å². The Balaban J connectivity index is 0.998. The Kier molecular flexibility index (Phi) is 4.72. The number of rotatable bonds is 4. The molecular formula is C41H44N2O6. The first-order valence-electron chi connectivity index (χ1n) is 19.2. The largest absolute Gasteiger partial charge is 0.504 e. The van der Waals surface area contributed by atoms with Crippen LogP contribution >= 0.6 is 0 Å². The SMILES string of the molecule is Oc1ccc2c3c1O[C@H]1C4=C(C[C@@]5(O)C(C2)N(CC2CC2)CC[C@]315)C1=C(C4)[C@@H]2Oc3c(O)ccc4c3[C@@]23CCN(CC2CC2)C(C4)[C@]3(O)C1. The second kappa shape index (κ2) is 8.36. The van der Waals surface area contributed by atoms with Crippen LogP contribution in [0, 0.1) is 11.8 Å². The van der Waals surface area contributed by atoms with Crippen molar-refractivity contribution in [3.05, 3.63) is 68.8 Å². The van der Waals surface area contributed by atoms with Crippen molar-refractivity contribution in [3.63, 3.8) is 0 Å². The third kappa shape index (κ3) is 2.91. The first kappa shape index (κ1) is 27.7. The van der Waals surface area contributed by atoms with Gasteiger partial charge in [-0.15, -0.1) is 0 Å². The average Bonchev–Trinajstić information content (AvgIpc) is 3.98. The number of hydrogen-bond donors (Lipinski definition) is 4. The van der Waals surface area contributed by atoms with E-state index in [1.54, 1.807) is 12.1 Å².